The molecule has 6 heteroatoms. The van der Waals surface area contributed by atoms with Gasteiger partial charge in [-0.2, -0.15) is 4.98 Å². The number of carboxylic acids is 1. The van der Waals surface area contributed by atoms with Crippen molar-refractivity contribution < 1.29 is 14.6 Å². The number of ether oxygens (including phenoxy) is 1. The molecule has 1 aliphatic carbocycles. The van der Waals surface area contributed by atoms with Gasteiger partial charge >= 0.3 is 5.97 Å². The third-order valence-corrected chi connectivity index (χ3v) is 3.55. The maximum absolute atomic E-state index is 11.6. The van der Waals surface area contributed by atoms with Gasteiger partial charge in [-0.05, 0) is 19.3 Å². The minimum atomic E-state index is -0.920. The molecule has 1 fully saturated rings. The lowest BCUT2D eigenvalue weighted by Crippen LogP contribution is -2.48. The largest absolute Gasteiger partial charge is 0.480 e. The van der Waals surface area contributed by atoms with Crippen molar-refractivity contribution in [1.29, 1.82) is 0 Å². The Labute approximate surface area is 118 Å². The number of nitrogens with one attached hydrogen (secondary N) is 1. The molecule has 1 aliphatic rings. The summed E-state index contributed by atoms with van der Waals surface area (Å²) in [7, 11) is 0. The van der Waals surface area contributed by atoms with E-state index in [0.29, 0.717) is 31.1 Å². The molecule has 1 aromatic heterocycles. The lowest BCUT2D eigenvalue weighted by Gasteiger charge is -2.34. The molecule has 0 atom stereocenters. The van der Waals surface area contributed by atoms with Crippen LogP contribution < -0.4 is 10.1 Å². The molecule has 2 rings (SSSR count). The predicted molar refractivity (Wildman–Crippen MR) is 74.9 cm³/mol. The number of carbonyl (C=O) groups is 1. The zero-order valence-corrected chi connectivity index (χ0v) is 11.8. The smallest absolute Gasteiger partial charge is 0.329 e. The normalized spacial score (nSPS) is 17.4. The molecule has 2 N–H and O–H groups in total. The maximum Gasteiger partial charge on any atom is 0.329 e. The van der Waals surface area contributed by atoms with E-state index in [1.807, 2.05) is 6.92 Å². The highest BCUT2D eigenvalue weighted by Crippen LogP contribution is 2.31. The average Bonchev–Trinajstić information content (AvgIpc) is 2.46. The second-order valence-electron chi connectivity index (χ2n) is 5.16. The number of nitrogens with zero attached hydrogens (tertiary/aromatic N) is 2. The first-order chi connectivity index (χ1) is 9.66. The number of hydrogen-bond donors (Lipinski definition) is 2. The first-order valence-electron chi connectivity index (χ1n) is 7.13. The van der Waals surface area contributed by atoms with E-state index in [9.17, 15) is 9.90 Å². The predicted octanol–water partition coefficient (Wildman–Crippen LogP) is 2.46. The molecule has 6 nitrogen and oxygen atoms in total. The third kappa shape index (κ3) is 3.37. The number of aromatic nitrogens is 2. The molecule has 0 radical (unpaired) electrons. The Bertz CT molecular complexity index is 459. The second kappa shape index (κ2) is 6.54. The molecule has 110 valence electrons. The van der Waals surface area contributed by atoms with Crippen LogP contribution in [0, 0.1) is 0 Å². The van der Waals surface area contributed by atoms with E-state index >= 15 is 0 Å². The first-order valence-corrected chi connectivity index (χ1v) is 7.13. The highest BCUT2D eigenvalue weighted by atomic mass is 16.5. The lowest BCUT2D eigenvalue weighted by molar-refractivity contribution is -0.143. The van der Waals surface area contributed by atoms with Crippen LogP contribution in [-0.2, 0) is 4.79 Å². The van der Waals surface area contributed by atoms with Crippen LogP contribution >= 0.6 is 0 Å². The summed E-state index contributed by atoms with van der Waals surface area (Å²) in [6.07, 6.45) is 8.11. The number of aliphatic carboxylic acids is 1. The molecule has 0 unspecified atom stereocenters. The van der Waals surface area contributed by atoms with Crippen molar-refractivity contribution in [2.24, 2.45) is 0 Å². The summed E-state index contributed by atoms with van der Waals surface area (Å²) in [5, 5.41) is 12.6. The molecule has 0 amide bonds. The average molecular weight is 279 g/mol. The fraction of sp³-hybridized carbons (Fsp3) is 0.643. The second-order valence-corrected chi connectivity index (χ2v) is 5.16. The molecule has 1 aromatic rings. The molecule has 1 saturated carbocycles. The summed E-state index contributed by atoms with van der Waals surface area (Å²) >= 11 is 0. The Kier molecular flexibility index (Phi) is 4.76. The standard InChI is InChI=1S/C14H21N3O3/c1-2-8-20-12-10-15-9-11(16-12)17-14(13(18)19)6-4-3-5-7-14/h9-10H,2-8H2,1H3,(H,16,17)(H,18,19). The number of rotatable bonds is 6. The Hall–Kier alpha value is -1.85. The Morgan fingerprint density at radius 1 is 1.40 bits per heavy atom. The van der Waals surface area contributed by atoms with Crippen molar-refractivity contribution in [2.45, 2.75) is 51.0 Å². The number of carboxylic acid groups (broad SMARTS) is 1. The minimum Gasteiger partial charge on any atom is -0.480 e. The molecule has 20 heavy (non-hydrogen) atoms. The van der Waals surface area contributed by atoms with Crippen molar-refractivity contribution in [1.82, 2.24) is 9.97 Å². The van der Waals surface area contributed by atoms with Gasteiger partial charge in [0.25, 0.3) is 0 Å². The molecule has 0 aromatic carbocycles. The van der Waals surface area contributed by atoms with Crippen LogP contribution in [-0.4, -0.2) is 33.2 Å². The summed E-state index contributed by atoms with van der Waals surface area (Å²) in [6.45, 7) is 2.58. The number of anilines is 1. The Balaban J connectivity index is 2.12. The van der Waals surface area contributed by atoms with Gasteiger partial charge in [0.2, 0.25) is 5.88 Å². The van der Waals surface area contributed by atoms with Crippen LogP contribution in [0.5, 0.6) is 5.88 Å². The van der Waals surface area contributed by atoms with E-state index in [0.717, 1.165) is 25.7 Å². The van der Waals surface area contributed by atoms with E-state index in [4.69, 9.17) is 4.74 Å². The highest BCUT2D eigenvalue weighted by molar-refractivity contribution is 5.82. The zero-order chi connectivity index (χ0) is 14.4. The molecule has 1 heterocycles. The number of hydrogen-bond acceptors (Lipinski definition) is 5. The van der Waals surface area contributed by atoms with Crippen LogP contribution in [0.1, 0.15) is 45.4 Å². The summed E-state index contributed by atoms with van der Waals surface area (Å²) in [4.78, 5) is 19.9. The van der Waals surface area contributed by atoms with Crippen molar-refractivity contribution in [3.05, 3.63) is 12.4 Å². The Morgan fingerprint density at radius 2 is 2.15 bits per heavy atom. The topological polar surface area (TPSA) is 84.3 Å². The van der Waals surface area contributed by atoms with E-state index in [1.165, 1.54) is 12.4 Å². The van der Waals surface area contributed by atoms with Crippen LogP contribution in [0.2, 0.25) is 0 Å². The molecular weight excluding hydrogens is 258 g/mol. The van der Waals surface area contributed by atoms with Crippen molar-refractivity contribution >= 4 is 11.8 Å². The van der Waals surface area contributed by atoms with E-state index in [-0.39, 0.29) is 0 Å². The van der Waals surface area contributed by atoms with Gasteiger partial charge in [-0.25, -0.2) is 4.79 Å². The van der Waals surface area contributed by atoms with E-state index < -0.39 is 11.5 Å². The van der Waals surface area contributed by atoms with Crippen molar-refractivity contribution in [3.63, 3.8) is 0 Å². The third-order valence-electron chi connectivity index (χ3n) is 3.55. The van der Waals surface area contributed by atoms with Crippen LogP contribution in [0.25, 0.3) is 0 Å². The zero-order valence-electron chi connectivity index (χ0n) is 11.8. The van der Waals surface area contributed by atoms with Crippen LogP contribution in [0.4, 0.5) is 5.82 Å². The Morgan fingerprint density at radius 3 is 2.80 bits per heavy atom. The first kappa shape index (κ1) is 14.6. The van der Waals surface area contributed by atoms with Crippen molar-refractivity contribution in [2.75, 3.05) is 11.9 Å². The summed E-state index contributed by atoms with van der Waals surface area (Å²) in [5.74, 6) is 0.0648. The fourth-order valence-electron chi connectivity index (χ4n) is 2.48. The maximum atomic E-state index is 11.6. The quantitative estimate of drug-likeness (QED) is 0.832. The SMILES string of the molecule is CCCOc1cncc(NC2(C(=O)O)CCCCC2)n1. The van der Waals surface area contributed by atoms with Gasteiger partial charge in [-0.15, -0.1) is 0 Å². The van der Waals surface area contributed by atoms with E-state index in [2.05, 4.69) is 15.3 Å². The molecule has 0 spiro atoms. The van der Waals surface area contributed by atoms with Gasteiger partial charge < -0.3 is 15.2 Å². The fourth-order valence-corrected chi connectivity index (χ4v) is 2.48. The van der Waals surface area contributed by atoms with Gasteiger partial charge in [0.15, 0.2) is 0 Å². The van der Waals surface area contributed by atoms with Crippen LogP contribution in [0.3, 0.4) is 0 Å². The van der Waals surface area contributed by atoms with Gasteiger partial charge in [-0.3, -0.25) is 4.98 Å². The van der Waals surface area contributed by atoms with Crippen LogP contribution in [0.15, 0.2) is 12.4 Å². The summed E-state index contributed by atoms with van der Waals surface area (Å²) in [6, 6.07) is 0. The lowest BCUT2D eigenvalue weighted by atomic mass is 9.81. The monoisotopic (exact) mass is 279 g/mol. The molecule has 0 aliphatic heterocycles. The molecule has 0 saturated heterocycles. The van der Waals surface area contributed by atoms with Gasteiger partial charge in [0.05, 0.1) is 19.0 Å². The highest BCUT2D eigenvalue weighted by Gasteiger charge is 2.39. The van der Waals surface area contributed by atoms with Crippen molar-refractivity contribution in [3.8, 4) is 5.88 Å². The minimum absolute atomic E-state index is 0.424. The van der Waals surface area contributed by atoms with Gasteiger partial charge in [-0.1, -0.05) is 26.2 Å². The van der Waals surface area contributed by atoms with E-state index in [1.54, 1.807) is 0 Å². The molecular formula is C14H21N3O3. The summed E-state index contributed by atoms with van der Waals surface area (Å²) < 4.78 is 5.42. The van der Waals surface area contributed by atoms with Gasteiger partial charge in [0, 0.05) is 0 Å². The molecule has 0 bridgehead atoms. The van der Waals surface area contributed by atoms with Gasteiger partial charge in [0.1, 0.15) is 11.4 Å². The summed E-state index contributed by atoms with van der Waals surface area (Å²) in [5.41, 5.74) is -0.920.